The first-order chi connectivity index (χ1) is 32.0. The predicted molar refractivity (Wildman–Crippen MR) is 256 cm³/mol. The lowest BCUT2D eigenvalue weighted by atomic mass is 9.92. The third kappa shape index (κ3) is 11.9. The zero-order chi connectivity index (χ0) is 46.6. The molecule has 13 nitrogen and oxygen atoms in total. The maximum atomic E-state index is 12.1. The van der Waals surface area contributed by atoms with E-state index in [1.165, 1.54) is 0 Å². The molecule has 1 atom stereocenters. The fraction of sp³-hybridized carbons (Fsp3) is 0.275. The quantitative estimate of drug-likeness (QED) is 0.0747. The smallest absolute Gasteiger partial charge is 0.323 e. The Morgan fingerprint density at radius 3 is 1.71 bits per heavy atom. The number of aromatic nitrogens is 2. The van der Waals surface area contributed by atoms with Gasteiger partial charge in [-0.3, -0.25) is 29.6 Å². The van der Waals surface area contributed by atoms with Gasteiger partial charge in [-0.1, -0.05) is 59.6 Å². The molecule has 2 N–H and O–H groups in total. The Balaban J connectivity index is 1.08. The number of aliphatic hydroxyl groups is 1. The van der Waals surface area contributed by atoms with Crippen LogP contribution in [0.1, 0.15) is 55.6 Å². The molecule has 1 aliphatic rings. The van der Waals surface area contributed by atoms with E-state index in [9.17, 15) is 15.0 Å². The molecular weight excluding hydrogens is 881 g/mol. The molecule has 1 saturated heterocycles. The van der Waals surface area contributed by atoms with Gasteiger partial charge in [0.05, 0.1) is 29.9 Å². The van der Waals surface area contributed by atoms with Crippen LogP contribution in [0.15, 0.2) is 108 Å². The summed E-state index contributed by atoms with van der Waals surface area (Å²) in [7, 11) is 3.40. The third-order valence-corrected chi connectivity index (χ3v) is 11.8. The lowest BCUT2D eigenvalue weighted by Gasteiger charge is -2.33. The standard InChI is InChI=1S/C51H51Cl2N5O8/c1-32-38(29-65-49-17-47(63-27-36-13-34(19-54-3)21-56-23-36)40(15-44(49)52)25-58-11-12-62-31-46(58)51(60)61)7-5-9-42(32)43-10-6-8-39(33(43)2)30-66-50-18-48(41(26-59)16-45(50)53)64-28-37-14-35(20-55-4)22-57-24-37/h5-10,13-24,46,59H,11-12,25-31H2,1-4H3,(H,60,61)/t46-/m1/s1. The van der Waals surface area contributed by atoms with Crippen LogP contribution in [0.4, 0.5) is 0 Å². The number of hydrogen-bond acceptors (Lipinski definition) is 12. The van der Waals surface area contributed by atoms with Crippen molar-refractivity contribution in [3.63, 3.8) is 0 Å². The fourth-order valence-electron chi connectivity index (χ4n) is 7.67. The molecule has 0 spiro atoms. The van der Waals surface area contributed by atoms with Crippen LogP contribution in [-0.4, -0.2) is 83.4 Å². The summed E-state index contributed by atoms with van der Waals surface area (Å²) < 4.78 is 30.8. The van der Waals surface area contributed by atoms with Crippen LogP contribution in [-0.2, 0) is 49.1 Å². The summed E-state index contributed by atoms with van der Waals surface area (Å²) in [5, 5.41) is 20.7. The number of morpholine rings is 1. The molecular formula is C51H51Cl2N5O8. The summed E-state index contributed by atoms with van der Waals surface area (Å²) in [4.78, 5) is 30.7. The highest BCUT2D eigenvalue weighted by Crippen LogP contribution is 2.38. The number of carboxylic acids is 1. The predicted octanol–water partition coefficient (Wildman–Crippen LogP) is 9.26. The number of carbonyl (C=O) groups is 1. The first-order valence-corrected chi connectivity index (χ1v) is 22.0. The highest BCUT2D eigenvalue weighted by Gasteiger charge is 2.30. The SMILES string of the molecule is CN=Cc1cncc(COc2cc(OCc3cccc(-c4cccc(COc5cc(OCc6cncc(C=NC)c6)c(CN6CCOC[C@@H]6C(=O)O)cc5Cl)c4C)c3C)c(Cl)cc2CO)c1. The Bertz CT molecular complexity index is 2730. The van der Waals surface area contributed by atoms with E-state index in [0.29, 0.717) is 57.3 Å². The van der Waals surface area contributed by atoms with Crippen LogP contribution in [0, 0.1) is 13.8 Å². The van der Waals surface area contributed by atoms with Crippen LogP contribution in [0.5, 0.6) is 23.0 Å². The van der Waals surface area contributed by atoms with Crippen molar-refractivity contribution in [3.8, 4) is 34.1 Å². The molecule has 15 heteroatoms. The summed E-state index contributed by atoms with van der Waals surface area (Å²) in [6.07, 6.45) is 10.3. The molecule has 0 bridgehead atoms. The maximum absolute atomic E-state index is 12.1. The van der Waals surface area contributed by atoms with E-state index in [1.807, 2.05) is 41.3 Å². The maximum Gasteiger partial charge on any atom is 0.323 e. The van der Waals surface area contributed by atoms with Gasteiger partial charge in [0.25, 0.3) is 0 Å². The number of carboxylic acid groups (broad SMARTS) is 1. The fourth-order valence-corrected chi connectivity index (χ4v) is 8.15. The molecule has 0 saturated carbocycles. The van der Waals surface area contributed by atoms with Crippen molar-refractivity contribution in [3.05, 3.63) is 163 Å². The van der Waals surface area contributed by atoms with Crippen molar-refractivity contribution in [1.29, 1.82) is 0 Å². The number of benzene rings is 4. The van der Waals surface area contributed by atoms with Crippen LogP contribution in [0.3, 0.4) is 0 Å². The van der Waals surface area contributed by atoms with Crippen molar-refractivity contribution < 1.29 is 38.7 Å². The lowest BCUT2D eigenvalue weighted by molar-refractivity contribution is -0.150. The van der Waals surface area contributed by atoms with Crippen molar-refractivity contribution in [2.24, 2.45) is 9.98 Å². The highest BCUT2D eigenvalue weighted by atomic mass is 35.5. The van der Waals surface area contributed by atoms with Gasteiger partial charge in [0.15, 0.2) is 0 Å². The summed E-state index contributed by atoms with van der Waals surface area (Å²) in [5.74, 6) is 0.853. The molecule has 3 heterocycles. The molecule has 1 fully saturated rings. The van der Waals surface area contributed by atoms with Crippen LogP contribution in [0.2, 0.25) is 10.0 Å². The summed E-state index contributed by atoms with van der Waals surface area (Å²) in [6.45, 7) is 5.97. The van der Waals surface area contributed by atoms with Gasteiger partial charge < -0.3 is 33.9 Å². The average Bonchev–Trinajstić information content (AvgIpc) is 3.31. The van der Waals surface area contributed by atoms with Gasteiger partial charge in [0, 0.05) is 110 Å². The van der Waals surface area contributed by atoms with Gasteiger partial charge in [-0.05, 0) is 71.5 Å². The number of rotatable bonds is 19. The van der Waals surface area contributed by atoms with Gasteiger partial charge in [-0.15, -0.1) is 0 Å². The van der Waals surface area contributed by atoms with Gasteiger partial charge in [0.2, 0.25) is 0 Å². The minimum absolute atomic E-state index is 0.0889. The Morgan fingerprint density at radius 2 is 1.21 bits per heavy atom. The number of hydrogen-bond donors (Lipinski definition) is 2. The van der Waals surface area contributed by atoms with E-state index >= 15 is 0 Å². The molecule has 0 aliphatic carbocycles. The average molecular weight is 933 g/mol. The summed E-state index contributed by atoms with van der Waals surface area (Å²) in [5.41, 5.74) is 10.7. The van der Waals surface area contributed by atoms with Gasteiger partial charge in [-0.25, -0.2) is 0 Å². The lowest BCUT2D eigenvalue weighted by Crippen LogP contribution is -2.49. The topological polar surface area (TPSA) is 157 Å². The first-order valence-electron chi connectivity index (χ1n) is 21.3. The Hall–Kier alpha value is -6.35. The van der Waals surface area contributed by atoms with Crippen LogP contribution in [0.25, 0.3) is 11.1 Å². The monoisotopic (exact) mass is 931 g/mol. The summed E-state index contributed by atoms with van der Waals surface area (Å²) in [6, 6.07) is 22.2. The summed E-state index contributed by atoms with van der Waals surface area (Å²) >= 11 is 13.6. The Labute approximate surface area is 394 Å². The number of ether oxygens (including phenoxy) is 5. The van der Waals surface area contributed by atoms with Crippen molar-refractivity contribution in [1.82, 2.24) is 14.9 Å². The van der Waals surface area contributed by atoms with Crippen molar-refractivity contribution in [2.75, 3.05) is 33.9 Å². The van der Waals surface area contributed by atoms with E-state index in [1.54, 1.807) is 75.6 Å². The van der Waals surface area contributed by atoms with E-state index in [4.69, 9.17) is 46.9 Å². The zero-order valence-corrected chi connectivity index (χ0v) is 38.7. The minimum Gasteiger partial charge on any atom is -0.488 e. The van der Waals surface area contributed by atoms with Crippen molar-refractivity contribution >= 4 is 41.6 Å². The number of pyridine rings is 2. The van der Waals surface area contributed by atoms with E-state index in [0.717, 1.165) is 55.6 Å². The number of aliphatic hydroxyl groups excluding tert-OH is 1. The Kier molecular flexibility index (Phi) is 16.4. The largest absolute Gasteiger partial charge is 0.488 e. The second-order valence-electron chi connectivity index (χ2n) is 15.7. The van der Waals surface area contributed by atoms with Gasteiger partial charge in [0.1, 0.15) is 55.5 Å². The molecule has 6 aromatic rings. The minimum atomic E-state index is -0.956. The van der Waals surface area contributed by atoms with Gasteiger partial charge in [-0.2, -0.15) is 0 Å². The third-order valence-electron chi connectivity index (χ3n) is 11.2. The van der Waals surface area contributed by atoms with Crippen LogP contribution < -0.4 is 18.9 Å². The Morgan fingerprint density at radius 1 is 0.712 bits per heavy atom. The molecule has 2 aromatic heterocycles. The zero-order valence-electron chi connectivity index (χ0n) is 37.2. The second-order valence-corrected chi connectivity index (χ2v) is 16.5. The number of aliphatic imine (C=N–C) groups is 2. The first kappa shape index (κ1) is 47.6. The molecule has 0 amide bonds. The molecule has 342 valence electrons. The van der Waals surface area contributed by atoms with E-state index < -0.39 is 12.0 Å². The molecule has 7 rings (SSSR count). The molecule has 0 radical (unpaired) electrons. The molecule has 1 aliphatic heterocycles. The van der Waals surface area contributed by atoms with Gasteiger partial charge >= 0.3 is 5.97 Å². The van der Waals surface area contributed by atoms with E-state index in [2.05, 4.69) is 45.9 Å². The van der Waals surface area contributed by atoms with Crippen molar-refractivity contribution in [2.45, 2.75) is 59.5 Å². The number of nitrogens with zero attached hydrogens (tertiary/aromatic N) is 5. The molecule has 4 aromatic carbocycles. The molecule has 66 heavy (non-hydrogen) atoms. The molecule has 0 unspecified atom stereocenters. The number of aliphatic carboxylic acids is 1. The second kappa shape index (κ2) is 22.7. The van der Waals surface area contributed by atoms with E-state index in [-0.39, 0.29) is 46.2 Å². The van der Waals surface area contributed by atoms with Crippen LogP contribution >= 0.6 is 23.2 Å². The highest BCUT2D eigenvalue weighted by molar-refractivity contribution is 6.32. The normalized spacial score (nSPS) is 14.2. The number of halogens is 2.